The van der Waals surface area contributed by atoms with Gasteiger partial charge >= 0.3 is 0 Å². The van der Waals surface area contributed by atoms with Crippen LogP contribution in [0.2, 0.25) is 0 Å². The highest BCUT2D eigenvalue weighted by molar-refractivity contribution is 5.28. The first-order chi connectivity index (χ1) is 9.78. The number of benzene rings is 1. The molecule has 2 aliphatic rings. The molecule has 0 bridgehead atoms. The fourth-order valence-electron chi connectivity index (χ4n) is 4.08. The third-order valence-corrected chi connectivity index (χ3v) is 5.12. The zero-order chi connectivity index (χ0) is 13.9. The molecule has 2 N–H and O–H groups in total. The van der Waals surface area contributed by atoms with Crippen molar-refractivity contribution in [3.63, 3.8) is 0 Å². The molecular weight excluding hydrogens is 251 g/mol. The van der Waals surface area contributed by atoms with E-state index in [0.717, 1.165) is 30.1 Å². The Morgan fingerprint density at radius 3 is 2.65 bits per heavy atom. The Balaban J connectivity index is 1.74. The Hall–Kier alpha value is -0.930. The van der Waals surface area contributed by atoms with Crippen molar-refractivity contribution in [2.24, 2.45) is 11.7 Å². The number of halogens is 1. The Bertz CT molecular complexity index is 454. The predicted octanol–water partition coefficient (Wildman–Crippen LogP) is 3.44. The van der Waals surface area contributed by atoms with Gasteiger partial charge in [0, 0.05) is 19.1 Å². The molecule has 110 valence electrons. The van der Waals surface area contributed by atoms with Crippen LogP contribution in [0.15, 0.2) is 18.2 Å². The summed E-state index contributed by atoms with van der Waals surface area (Å²) in [6, 6.07) is 5.74. The first-order valence-electron chi connectivity index (χ1n) is 7.99. The van der Waals surface area contributed by atoms with Crippen LogP contribution >= 0.6 is 0 Å². The molecule has 1 saturated carbocycles. The second-order valence-electron chi connectivity index (χ2n) is 6.34. The molecule has 0 spiro atoms. The lowest BCUT2D eigenvalue weighted by molar-refractivity contribution is 0.182. The van der Waals surface area contributed by atoms with E-state index in [1.165, 1.54) is 44.6 Å². The molecule has 1 aromatic carbocycles. The lowest BCUT2D eigenvalue weighted by Crippen LogP contribution is -2.34. The van der Waals surface area contributed by atoms with Gasteiger partial charge in [-0.25, -0.2) is 4.39 Å². The molecule has 1 aliphatic carbocycles. The Morgan fingerprint density at radius 2 is 1.90 bits per heavy atom. The van der Waals surface area contributed by atoms with E-state index in [9.17, 15) is 4.39 Å². The first-order valence-corrected chi connectivity index (χ1v) is 7.99. The van der Waals surface area contributed by atoms with Gasteiger partial charge in [-0.15, -0.1) is 0 Å². The van der Waals surface area contributed by atoms with Crippen LogP contribution in [0.1, 0.15) is 49.7 Å². The van der Waals surface area contributed by atoms with Gasteiger partial charge in [-0.1, -0.05) is 18.9 Å². The third-order valence-electron chi connectivity index (χ3n) is 5.12. The molecule has 3 rings (SSSR count). The summed E-state index contributed by atoms with van der Waals surface area (Å²) in [5.74, 6) is 0.723. The van der Waals surface area contributed by atoms with Crippen LogP contribution in [0.4, 0.5) is 4.39 Å². The van der Waals surface area contributed by atoms with Crippen molar-refractivity contribution in [3.8, 4) is 0 Å². The largest absolute Gasteiger partial charge is 0.326 e. The lowest BCUT2D eigenvalue weighted by Gasteiger charge is -2.30. The van der Waals surface area contributed by atoms with Gasteiger partial charge in [-0.3, -0.25) is 4.90 Å². The normalized spacial score (nSPS) is 24.6. The number of rotatable bonds is 4. The molecule has 0 amide bonds. The number of nitrogens with two attached hydrogens (primary N) is 1. The zero-order valence-corrected chi connectivity index (χ0v) is 12.2. The van der Waals surface area contributed by atoms with Crippen LogP contribution in [0.25, 0.3) is 0 Å². The van der Waals surface area contributed by atoms with Gasteiger partial charge in [0.05, 0.1) is 0 Å². The quantitative estimate of drug-likeness (QED) is 0.912. The van der Waals surface area contributed by atoms with Gasteiger partial charge in [0.1, 0.15) is 5.82 Å². The van der Waals surface area contributed by atoms with Crippen molar-refractivity contribution in [2.45, 2.75) is 57.7 Å². The van der Waals surface area contributed by atoms with Gasteiger partial charge in [0.25, 0.3) is 0 Å². The molecule has 1 aliphatic heterocycles. The fourth-order valence-corrected chi connectivity index (χ4v) is 4.08. The number of hydrogen-bond acceptors (Lipinski definition) is 2. The molecule has 2 nitrogen and oxygen atoms in total. The van der Waals surface area contributed by atoms with Crippen LogP contribution in [-0.4, -0.2) is 17.5 Å². The highest BCUT2D eigenvalue weighted by Crippen LogP contribution is 2.36. The van der Waals surface area contributed by atoms with Crippen LogP contribution in [0, 0.1) is 11.7 Å². The molecule has 1 saturated heterocycles. The molecule has 1 unspecified atom stereocenters. The minimum absolute atomic E-state index is 0.145. The molecule has 0 aromatic heterocycles. The smallest absolute Gasteiger partial charge is 0.123 e. The van der Waals surface area contributed by atoms with Gasteiger partial charge < -0.3 is 5.73 Å². The van der Waals surface area contributed by atoms with Gasteiger partial charge in [0.2, 0.25) is 0 Å². The van der Waals surface area contributed by atoms with E-state index in [1.807, 2.05) is 6.07 Å². The van der Waals surface area contributed by atoms with E-state index in [0.29, 0.717) is 12.6 Å². The summed E-state index contributed by atoms with van der Waals surface area (Å²) in [6.45, 7) is 2.52. The Kier molecular flexibility index (Phi) is 4.37. The standard InChI is InChI=1S/C17H25FN2/c18-16-8-7-14(11-19)15(10-16)12-20-9-3-6-17(20)13-4-1-2-5-13/h7-8,10,13,17H,1-6,9,11-12,19H2. The maximum Gasteiger partial charge on any atom is 0.123 e. The molecule has 3 heteroatoms. The molecule has 1 heterocycles. The molecule has 2 fully saturated rings. The summed E-state index contributed by atoms with van der Waals surface area (Å²) in [5, 5.41) is 0. The van der Waals surface area contributed by atoms with E-state index in [4.69, 9.17) is 5.73 Å². The molecule has 20 heavy (non-hydrogen) atoms. The fraction of sp³-hybridized carbons (Fsp3) is 0.647. The average molecular weight is 276 g/mol. The van der Waals surface area contributed by atoms with E-state index >= 15 is 0 Å². The van der Waals surface area contributed by atoms with Crippen molar-refractivity contribution >= 4 is 0 Å². The SMILES string of the molecule is NCc1ccc(F)cc1CN1CCCC1C1CCCC1. The van der Waals surface area contributed by atoms with E-state index in [2.05, 4.69) is 4.90 Å². The second-order valence-corrected chi connectivity index (χ2v) is 6.34. The summed E-state index contributed by atoms with van der Waals surface area (Å²) >= 11 is 0. The predicted molar refractivity (Wildman–Crippen MR) is 79.7 cm³/mol. The highest BCUT2D eigenvalue weighted by atomic mass is 19.1. The summed E-state index contributed by atoms with van der Waals surface area (Å²) in [6.07, 6.45) is 8.15. The maximum atomic E-state index is 13.5. The summed E-state index contributed by atoms with van der Waals surface area (Å²) in [4.78, 5) is 2.57. The molecule has 0 radical (unpaired) electrons. The van der Waals surface area contributed by atoms with Crippen LogP contribution < -0.4 is 5.73 Å². The van der Waals surface area contributed by atoms with Gasteiger partial charge in [0.15, 0.2) is 0 Å². The monoisotopic (exact) mass is 276 g/mol. The average Bonchev–Trinajstić information content (AvgIpc) is 3.09. The van der Waals surface area contributed by atoms with Crippen LogP contribution in [0.3, 0.4) is 0 Å². The first kappa shape index (κ1) is 14.0. The Labute approximate surface area is 121 Å². The van der Waals surface area contributed by atoms with Crippen molar-refractivity contribution in [2.75, 3.05) is 6.54 Å². The number of likely N-dealkylation sites (tertiary alicyclic amines) is 1. The zero-order valence-electron chi connectivity index (χ0n) is 12.2. The summed E-state index contributed by atoms with van der Waals surface area (Å²) in [7, 11) is 0. The maximum absolute atomic E-state index is 13.5. The number of hydrogen-bond donors (Lipinski definition) is 1. The van der Waals surface area contributed by atoms with Crippen LogP contribution in [-0.2, 0) is 13.1 Å². The lowest BCUT2D eigenvalue weighted by atomic mass is 9.95. The van der Waals surface area contributed by atoms with Crippen molar-refractivity contribution in [3.05, 3.63) is 35.1 Å². The van der Waals surface area contributed by atoms with E-state index in [-0.39, 0.29) is 5.82 Å². The van der Waals surface area contributed by atoms with Crippen molar-refractivity contribution in [1.82, 2.24) is 4.90 Å². The van der Waals surface area contributed by atoms with E-state index < -0.39 is 0 Å². The van der Waals surface area contributed by atoms with Crippen molar-refractivity contribution in [1.29, 1.82) is 0 Å². The van der Waals surface area contributed by atoms with Gasteiger partial charge in [-0.2, -0.15) is 0 Å². The minimum atomic E-state index is -0.145. The molecule has 1 atom stereocenters. The van der Waals surface area contributed by atoms with E-state index in [1.54, 1.807) is 6.07 Å². The highest BCUT2D eigenvalue weighted by Gasteiger charge is 2.33. The van der Waals surface area contributed by atoms with Crippen molar-refractivity contribution < 1.29 is 4.39 Å². The molecule has 1 aromatic rings. The summed E-state index contributed by atoms with van der Waals surface area (Å²) < 4.78 is 13.5. The molecular formula is C17H25FN2. The second kappa shape index (κ2) is 6.23. The summed E-state index contributed by atoms with van der Waals surface area (Å²) in [5.41, 5.74) is 7.96. The third kappa shape index (κ3) is 2.89. The number of nitrogens with zero attached hydrogens (tertiary/aromatic N) is 1. The minimum Gasteiger partial charge on any atom is -0.326 e. The topological polar surface area (TPSA) is 29.3 Å². The Morgan fingerprint density at radius 1 is 1.10 bits per heavy atom. The van der Waals surface area contributed by atoms with Gasteiger partial charge in [-0.05, 0) is 61.4 Å². The van der Waals surface area contributed by atoms with Crippen LogP contribution in [0.5, 0.6) is 0 Å².